The molecule has 2 amide bonds. The second-order valence-corrected chi connectivity index (χ2v) is 8.54. The molecule has 0 atom stereocenters. The van der Waals surface area contributed by atoms with Gasteiger partial charge in [-0.2, -0.15) is 0 Å². The second kappa shape index (κ2) is 12.6. The number of benzene rings is 2. The van der Waals surface area contributed by atoms with Gasteiger partial charge < -0.3 is 19.5 Å². The Labute approximate surface area is 197 Å². The van der Waals surface area contributed by atoms with Crippen LogP contribution in [0.25, 0.3) is 6.08 Å². The Morgan fingerprint density at radius 3 is 2.36 bits per heavy atom. The number of carbonyl (C=O) groups excluding carboxylic acids is 2. The van der Waals surface area contributed by atoms with E-state index in [1.807, 2.05) is 4.72 Å². The lowest BCUT2D eigenvalue weighted by molar-refractivity contribution is -0.115. The van der Waals surface area contributed by atoms with Crippen molar-refractivity contribution in [2.75, 3.05) is 27.1 Å². The smallest absolute Gasteiger partial charge is 0.407 e. The number of hydrogen-bond acceptors (Lipinski definition) is 7. The van der Waals surface area contributed by atoms with Gasteiger partial charge in [0.05, 0.1) is 11.4 Å². The highest BCUT2D eigenvalue weighted by Gasteiger charge is 2.21. The molecular formula is C22H23ClN2O7S. The van der Waals surface area contributed by atoms with Crippen LogP contribution in [-0.2, 0) is 24.3 Å². The first-order chi connectivity index (χ1) is 15.7. The number of sulfonamides is 1. The molecule has 33 heavy (non-hydrogen) atoms. The third kappa shape index (κ3) is 8.60. The highest BCUT2D eigenvalue weighted by Crippen LogP contribution is 2.17. The van der Waals surface area contributed by atoms with Gasteiger partial charge in [-0.3, -0.25) is 4.79 Å². The molecule has 0 spiro atoms. The molecule has 0 aromatic heterocycles. The van der Waals surface area contributed by atoms with E-state index in [-0.39, 0.29) is 30.4 Å². The van der Waals surface area contributed by atoms with Crippen molar-refractivity contribution < 1.29 is 32.2 Å². The van der Waals surface area contributed by atoms with Crippen molar-refractivity contribution in [1.82, 2.24) is 10.0 Å². The van der Waals surface area contributed by atoms with Gasteiger partial charge in [0.15, 0.2) is 6.79 Å². The van der Waals surface area contributed by atoms with Crippen molar-refractivity contribution in [3.8, 4) is 5.75 Å². The molecule has 9 nitrogen and oxygen atoms in total. The topological polar surface area (TPSA) is 120 Å². The third-order valence-corrected chi connectivity index (χ3v) is 5.56. The largest absolute Gasteiger partial charge is 0.468 e. The van der Waals surface area contributed by atoms with Gasteiger partial charge in [0.2, 0.25) is 0 Å². The Morgan fingerprint density at radius 2 is 1.76 bits per heavy atom. The number of alkyl carbamates (subject to hydrolysis) is 1. The number of nitrogens with one attached hydrogen (secondary N) is 2. The van der Waals surface area contributed by atoms with Gasteiger partial charge in [0, 0.05) is 17.7 Å². The van der Waals surface area contributed by atoms with Crippen molar-refractivity contribution in [1.29, 1.82) is 0 Å². The molecule has 0 aliphatic heterocycles. The summed E-state index contributed by atoms with van der Waals surface area (Å²) in [6, 6.07) is 11.9. The molecule has 0 radical (unpaired) electrons. The number of amides is 2. The van der Waals surface area contributed by atoms with Crippen LogP contribution in [0.5, 0.6) is 5.75 Å². The van der Waals surface area contributed by atoms with Crippen LogP contribution in [0.15, 0.2) is 71.7 Å². The maximum atomic E-state index is 12.8. The molecule has 2 rings (SSSR count). The highest BCUT2D eigenvalue weighted by molar-refractivity contribution is 7.90. The summed E-state index contributed by atoms with van der Waals surface area (Å²) in [6.45, 7) is 3.20. The van der Waals surface area contributed by atoms with E-state index in [1.165, 1.54) is 43.5 Å². The van der Waals surface area contributed by atoms with Crippen LogP contribution in [0, 0.1) is 0 Å². The molecule has 2 aromatic carbocycles. The first kappa shape index (κ1) is 25.9. The van der Waals surface area contributed by atoms with E-state index >= 15 is 0 Å². The molecule has 11 heteroatoms. The fourth-order valence-electron chi connectivity index (χ4n) is 2.40. The lowest BCUT2D eigenvalue weighted by Gasteiger charge is -2.12. The number of carbonyl (C=O) groups is 2. The summed E-state index contributed by atoms with van der Waals surface area (Å²) in [5.41, 5.74) is 0.531. The summed E-state index contributed by atoms with van der Waals surface area (Å²) in [6.07, 6.45) is 2.02. The number of ether oxygens (including phenoxy) is 3. The fourth-order valence-corrected chi connectivity index (χ4v) is 3.51. The lowest BCUT2D eigenvalue weighted by Crippen LogP contribution is -2.36. The van der Waals surface area contributed by atoms with Crippen LogP contribution >= 0.6 is 11.6 Å². The van der Waals surface area contributed by atoms with Crippen molar-refractivity contribution in [3.63, 3.8) is 0 Å². The predicted molar refractivity (Wildman–Crippen MR) is 123 cm³/mol. The standard InChI is InChI=1S/C22H23ClN2O7S/c1-3-12-31-22(27)24-14-17(13-16-4-8-19(9-5-16)32-15-30-2)21(26)25-33(28,29)20-10-6-18(23)7-11-20/h3-11,13H,1,12,14-15H2,2H3,(H,24,27)(H,25,26). The Balaban J connectivity index is 2.24. The Bertz CT molecular complexity index is 1100. The van der Waals surface area contributed by atoms with Crippen molar-refractivity contribution in [3.05, 3.63) is 77.3 Å². The summed E-state index contributed by atoms with van der Waals surface area (Å²) in [7, 11) is -2.68. The maximum Gasteiger partial charge on any atom is 0.407 e. The van der Waals surface area contributed by atoms with Crippen LogP contribution < -0.4 is 14.8 Å². The van der Waals surface area contributed by atoms with Crippen molar-refractivity contribution in [2.45, 2.75) is 4.90 Å². The van der Waals surface area contributed by atoms with Crippen LogP contribution in [0.2, 0.25) is 5.02 Å². The Hall–Kier alpha value is -3.34. The first-order valence-electron chi connectivity index (χ1n) is 9.52. The zero-order valence-electron chi connectivity index (χ0n) is 17.7. The minimum Gasteiger partial charge on any atom is -0.468 e. The molecule has 0 fully saturated rings. The van der Waals surface area contributed by atoms with E-state index in [2.05, 4.69) is 11.9 Å². The van der Waals surface area contributed by atoms with Gasteiger partial charge in [0.25, 0.3) is 15.9 Å². The number of halogens is 1. The van der Waals surface area contributed by atoms with E-state index < -0.39 is 22.0 Å². The summed E-state index contributed by atoms with van der Waals surface area (Å²) in [5.74, 6) is -0.384. The quantitative estimate of drug-likeness (QED) is 0.280. The number of hydrogen-bond donors (Lipinski definition) is 2. The molecule has 176 valence electrons. The SMILES string of the molecule is C=CCOC(=O)NCC(=Cc1ccc(OCOC)cc1)C(=O)NS(=O)(=O)c1ccc(Cl)cc1. The van der Waals surface area contributed by atoms with Crippen LogP contribution in [0.3, 0.4) is 0 Å². The molecule has 0 saturated heterocycles. The van der Waals surface area contributed by atoms with Crippen LogP contribution in [0.4, 0.5) is 4.79 Å². The zero-order valence-corrected chi connectivity index (χ0v) is 19.3. The number of rotatable bonds is 11. The lowest BCUT2D eigenvalue weighted by atomic mass is 10.1. The predicted octanol–water partition coefficient (Wildman–Crippen LogP) is 3.12. The van der Waals surface area contributed by atoms with Crippen molar-refractivity contribution >= 4 is 39.7 Å². The summed E-state index contributed by atoms with van der Waals surface area (Å²) in [5, 5.41) is 2.75. The maximum absolute atomic E-state index is 12.8. The third-order valence-electron chi connectivity index (χ3n) is 3.96. The molecular weight excluding hydrogens is 472 g/mol. The van der Waals surface area contributed by atoms with Gasteiger partial charge in [-0.15, -0.1) is 0 Å². The molecule has 0 saturated carbocycles. The van der Waals surface area contributed by atoms with E-state index in [0.29, 0.717) is 16.3 Å². The molecule has 0 aliphatic carbocycles. The normalized spacial score (nSPS) is 11.4. The van der Waals surface area contributed by atoms with E-state index in [0.717, 1.165) is 0 Å². The van der Waals surface area contributed by atoms with E-state index in [1.54, 1.807) is 24.3 Å². The molecule has 2 aromatic rings. The van der Waals surface area contributed by atoms with E-state index in [9.17, 15) is 18.0 Å². The second-order valence-electron chi connectivity index (χ2n) is 6.42. The monoisotopic (exact) mass is 494 g/mol. The fraction of sp³-hybridized carbons (Fsp3) is 0.182. The summed E-state index contributed by atoms with van der Waals surface area (Å²) >= 11 is 5.79. The minimum absolute atomic E-state index is 0.0229. The summed E-state index contributed by atoms with van der Waals surface area (Å²) < 4.78 is 42.1. The van der Waals surface area contributed by atoms with Crippen molar-refractivity contribution in [2.24, 2.45) is 0 Å². The minimum atomic E-state index is -4.17. The average Bonchev–Trinajstić information content (AvgIpc) is 2.79. The molecule has 0 aliphatic rings. The number of methoxy groups -OCH3 is 1. The van der Waals surface area contributed by atoms with Crippen LogP contribution in [0.1, 0.15) is 5.56 Å². The molecule has 0 heterocycles. The Morgan fingerprint density at radius 1 is 1.09 bits per heavy atom. The van der Waals surface area contributed by atoms with Crippen LogP contribution in [-0.4, -0.2) is 47.5 Å². The zero-order chi connectivity index (χ0) is 24.3. The molecule has 0 unspecified atom stereocenters. The van der Waals surface area contributed by atoms with E-state index in [4.69, 9.17) is 25.8 Å². The van der Waals surface area contributed by atoms with Gasteiger partial charge in [-0.05, 0) is 48.0 Å². The molecule has 2 N–H and O–H groups in total. The van der Waals surface area contributed by atoms with Gasteiger partial charge in [0.1, 0.15) is 12.4 Å². The van der Waals surface area contributed by atoms with Gasteiger partial charge >= 0.3 is 6.09 Å². The first-order valence-corrected chi connectivity index (χ1v) is 11.4. The summed E-state index contributed by atoms with van der Waals surface area (Å²) in [4.78, 5) is 24.4. The highest BCUT2D eigenvalue weighted by atomic mass is 35.5. The van der Waals surface area contributed by atoms with Gasteiger partial charge in [-0.25, -0.2) is 17.9 Å². The Kier molecular flexibility index (Phi) is 9.92. The van der Waals surface area contributed by atoms with Gasteiger partial charge in [-0.1, -0.05) is 36.4 Å². The average molecular weight is 495 g/mol. The molecule has 0 bridgehead atoms.